The van der Waals surface area contributed by atoms with Crippen molar-refractivity contribution in [1.29, 1.82) is 0 Å². The summed E-state index contributed by atoms with van der Waals surface area (Å²) in [6.45, 7) is 0.353. The molecule has 0 unspecified atom stereocenters. The number of halogens is 2. The van der Waals surface area contributed by atoms with Gasteiger partial charge in [-0.05, 0) is 29.8 Å². The van der Waals surface area contributed by atoms with Crippen molar-refractivity contribution in [2.24, 2.45) is 0 Å². The molecular weight excluding hydrogens is 285 g/mol. The minimum absolute atomic E-state index is 0.353. The molecule has 19 heavy (non-hydrogen) atoms. The van der Waals surface area contributed by atoms with E-state index in [0.29, 0.717) is 22.2 Å². The lowest BCUT2D eigenvalue weighted by Crippen LogP contribution is -2.15. The van der Waals surface area contributed by atoms with E-state index >= 15 is 0 Å². The maximum Gasteiger partial charge on any atom is 0.420 e. The van der Waals surface area contributed by atoms with E-state index in [9.17, 15) is 4.79 Å². The third-order valence-electron chi connectivity index (χ3n) is 2.92. The number of nitrogens with zero attached hydrogens (tertiary/aromatic N) is 1. The predicted octanol–water partition coefficient (Wildman–Crippen LogP) is 3.95. The molecule has 3 nitrogen and oxygen atoms in total. The molecule has 0 radical (unpaired) electrons. The highest BCUT2D eigenvalue weighted by Gasteiger charge is 2.10. The first kappa shape index (κ1) is 12.3. The molecular formula is C14H9Cl2NO2. The Balaban J connectivity index is 2.10. The van der Waals surface area contributed by atoms with Crippen LogP contribution in [0.3, 0.4) is 0 Å². The van der Waals surface area contributed by atoms with Crippen LogP contribution in [0.25, 0.3) is 11.1 Å². The largest absolute Gasteiger partial charge is 0.420 e. The van der Waals surface area contributed by atoms with Crippen LogP contribution < -0.4 is 5.76 Å². The fourth-order valence-corrected chi connectivity index (χ4v) is 2.45. The summed E-state index contributed by atoms with van der Waals surface area (Å²) in [5, 5.41) is 1.10. The molecule has 0 aliphatic heterocycles. The van der Waals surface area contributed by atoms with Crippen LogP contribution in [0.4, 0.5) is 0 Å². The molecule has 0 saturated heterocycles. The smallest absolute Gasteiger partial charge is 0.408 e. The molecule has 0 amide bonds. The summed E-state index contributed by atoms with van der Waals surface area (Å²) >= 11 is 12.0. The monoisotopic (exact) mass is 293 g/mol. The van der Waals surface area contributed by atoms with Gasteiger partial charge in [0, 0.05) is 10.0 Å². The zero-order valence-electron chi connectivity index (χ0n) is 9.77. The van der Waals surface area contributed by atoms with Gasteiger partial charge in [0.05, 0.1) is 12.1 Å². The Labute approximate surface area is 119 Å². The fourth-order valence-electron chi connectivity index (χ4n) is 1.98. The van der Waals surface area contributed by atoms with Crippen molar-refractivity contribution < 1.29 is 4.42 Å². The lowest BCUT2D eigenvalue weighted by Gasteiger charge is -2.05. The zero-order valence-corrected chi connectivity index (χ0v) is 11.3. The third-order valence-corrected chi connectivity index (χ3v) is 3.50. The van der Waals surface area contributed by atoms with Gasteiger partial charge in [-0.3, -0.25) is 4.57 Å². The second kappa shape index (κ2) is 4.76. The molecule has 0 bridgehead atoms. The van der Waals surface area contributed by atoms with Gasteiger partial charge in [-0.15, -0.1) is 0 Å². The molecule has 2 aromatic carbocycles. The Kier molecular flexibility index (Phi) is 3.09. The number of fused-ring (bicyclic) bond motifs is 1. The highest BCUT2D eigenvalue weighted by atomic mass is 35.5. The normalized spacial score (nSPS) is 11.1. The van der Waals surface area contributed by atoms with Crippen LogP contribution >= 0.6 is 23.2 Å². The van der Waals surface area contributed by atoms with Gasteiger partial charge in [0.15, 0.2) is 5.58 Å². The number of para-hydroxylation sites is 2. The van der Waals surface area contributed by atoms with E-state index in [0.717, 1.165) is 11.1 Å². The molecule has 3 aromatic rings. The Morgan fingerprint density at radius 1 is 1.11 bits per heavy atom. The first-order valence-corrected chi connectivity index (χ1v) is 6.43. The van der Waals surface area contributed by atoms with Crippen LogP contribution in [0, 0.1) is 0 Å². The average Bonchev–Trinajstić information content (AvgIpc) is 2.69. The van der Waals surface area contributed by atoms with Crippen LogP contribution in [0.1, 0.15) is 5.56 Å². The summed E-state index contributed by atoms with van der Waals surface area (Å²) in [7, 11) is 0. The van der Waals surface area contributed by atoms with Crippen LogP contribution in [0.2, 0.25) is 10.0 Å². The fraction of sp³-hybridized carbons (Fsp3) is 0.0714. The topological polar surface area (TPSA) is 35.1 Å². The number of aromatic nitrogens is 1. The number of benzene rings is 2. The van der Waals surface area contributed by atoms with Crippen molar-refractivity contribution in [2.75, 3.05) is 0 Å². The van der Waals surface area contributed by atoms with Crippen molar-refractivity contribution in [3.05, 3.63) is 68.6 Å². The van der Waals surface area contributed by atoms with E-state index in [-0.39, 0.29) is 0 Å². The molecule has 1 heterocycles. The molecule has 96 valence electrons. The first-order valence-electron chi connectivity index (χ1n) is 5.67. The second-order valence-electron chi connectivity index (χ2n) is 4.16. The maximum absolute atomic E-state index is 11.8. The molecule has 0 atom stereocenters. The number of hydrogen-bond acceptors (Lipinski definition) is 2. The summed E-state index contributed by atoms with van der Waals surface area (Å²) in [5.41, 5.74) is 2.14. The Hall–Kier alpha value is -1.71. The maximum atomic E-state index is 11.8. The summed E-state index contributed by atoms with van der Waals surface area (Å²) in [6, 6.07) is 12.5. The van der Waals surface area contributed by atoms with E-state index in [2.05, 4.69) is 0 Å². The minimum Gasteiger partial charge on any atom is -0.408 e. The van der Waals surface area contributed by atoms with Gasteiger partial charge in [-0.25, -0.2) is 4.79 Å². The summed E-state index contributed by atoms with van der Waals surface area (Å²) in [5.74, 6) is -0.396. The van der Waals surface area contributed by atoms with Crippen LogP contribution in [-0.2, 0) is 6.54 Å². The van der Waals surface area contributed by atoms with Gasteiger partial charge < -0.3 is 4.42 Å². The SMILES string of the molecule is O=c1oc2ccccc2n1Cc1ccc(Cl)cc1Cl. The van der Waals surface area contributed by atoms with Gasteiger partial charge in [-0.2, -0.15) is 0 Å². The average molecular weight is 294 g/mol. The Morgan fingerprint density at radius 2 is 1.89 bits per heavy atom. The summed E-state index contributed by atoms with van der Waals surface area (Å²) in [6.07, 6.45) is 0. The molecule has 0 aliphatic carbocycles. The molecule has 5 heteroatoms. The number of oxazole rings is 1. The number of hydrogen-bond donors (Lipinski definition) is 0. The van der Waals surface area contributed by atoms with Gasteiger partial charge in [0.2, 0.25) is 0 Å². The standard InChI is InChI=1S/C14H9Cl2NO2/c15-10-6-5-9(11(16)7-10)8-17-12-3-1-2-4-13(12)19-14(17)18/h1-7H,8H2. The van der Waals surface area contributed by atoms with Gasteiger partial charge in [-0.1, -0.05) is 41.4 Å². The molecule has 1 aromatic heterocycles. The molecule has 3 rings (SSSR count). The quantitative estimate of drug-likeness (QED) is 0.717. The number of rotatable bonds is 2. The van der Waals surface area contributed by atoms with Crippen molar-refractivity contribution in [3.63, 3.8) is 0 Å². The third kappa shape index (κ3) is 2.27. The van der Waals surface area contributed by atoms with Crippen molar-refractivity contribution >= 4 is 34.3 Å². The second-order valence-corrected chi connectivity index (χ2v) is 5.00. The van der Waals surface area contributed by atoms with Crippen molar-refractivity contribution in [2.45, 2.75) is 6.54 Å². The minimum atomic E-state index is -0.396. The van der Waals surface area contributed by atoms with Crippen LogP contribution in [-0.4, -0.2) is 4.57 Å². The molecule has 0 saturated carbocycles. The van der Waals surface area contributed by atoms with Crippen molar-refractivity contribution in [3.8, 4) is 0 Å². The zero-order chi connectivity index (χ0) is 13.4. The van der Waals surface area contributed by atoms with E-state index < -0.39 is 5.76 Å². The predicted molar refractivity (Wildman–Crippen MR) is 76.0 cm³/mol. The van der Waals surface area contributed by atoms with Crippen molar-refractivity contribution in [1.82, 2.24) is 4.57 Å². The van der Waals surface area contributed by atoms with E-state index in [1.165, 1.54) is 0 Å². The van der Waals surface area contributed by atoms with Crippen LogP contribution in [0.5, 0.6) is 0 Å². The highest BCUT2D eigenvalue weighted by Crippen LogP contribution is 2.22. The first-order chi connectivity index (χ1) is 9.15. The van der Waals surface area contributed by atoms with Gasteiger partial charge >= 0.3 is 5.76 Å². The lowest BCUT2D eigenvalue weighted by atomic mass is 10.2. The molecule has 0 N–H and O–H groups in total. The molecule has 0 fully saturated rings. The Morgan fingerprint density at radius 3 is 2.68 bits per heavy atom. The van der Waals surface area contributed by atoms with E-state index in [1.54, 1.807) is 28.8 Å². The van der Waals surface area contributed by atoms with Crippen LogP contribution in [0.15, 0.2) is 51.7 Å². The van der Waals surface area contributed by atoms with E-state index in [1.807, 2.05) is 18.2 Å². The van der Waals surface area contributed by atoms with Gasteiger partial charge in [0.25, 0.3) is 0 Å². The molecule has 0 spiro atoms. The Bertz CT molecular complexity index is 805. The molecule has 0 aliphatic rings. The van der Waals surface area contributed by atoms with Gasteiger partial charge in [0.1, 0.15) is 0 Å². The summed E-state index contributed by atoms with van der Waals surface area (Å²) in [4.78, 5) is 11.8. The summed E-state index contributed by atoms with van der Waals surface area (Å²) < 4.78 is 6.72. The van der Waals surface area contributed by atoms with E-state index in [4.69, 9.17) is 27.6 Å². The highest BCUT2D eigenvalue weighted by molar-refractivity contribution is 6.35. The lowest BCUT2D eigenvalue weighted by molar-refractivity contribution is 0.518.